The Hall–Kier alpha value is -2.36. The molecule has 604 valence electrons. The van der Waals surface area contributed by atoms with Crippen molar-refractivity contribution >= 4 is 23.8 Å². The molecule has 6 N–H and O–H groups in total. The van der Waals surface area contributed by atoms with Crippen LogP contribution >= 0.6 is 0 Å². The standard InChI is InChI=1S/C88H172N4O10/c1-5-9-13-17-21-25-29-33-37-41-45-49-53-57-63-79(93)75-91(76-80(94)64-58-54-50-46-42-38-34-30-26-22-18-14-10-6-2)71-61-67-85(97)101-73-69-83-87(99)90-84(88(100)89-83)70-74-102-86(98)68-62-72-92(77-81(95)65-59-55-51-47-43-39-35-31-27-23-19-15-11-7-3)78-82(96)66-60-56-52-48-44-40-36-32-28-24-20-16-12-8-4/h79-84,93-96H,5-78H2,1-4H3,(H,89,100)(H,90,99). The van der Waals surface area contributed by atoms with Gasteiger partial charge in [-0.2, -0.15) is 0 Å². The van der Waals surface area contributed by atoms with Gasteiger partial charge in [-0.15, -0.1) is 0 Å². The number of rotatable bonds is 82. The van der Waals surface area contributed by atoms with Gasteiger partial charge in [0, 0.05) is 51.9 Å². The van der Waals surface area contributed by atoms with Crippen LogP contribution in [0.3, 0.4) is 0 Å². The first-order valence-electron chi connectivity index (χ1n) is 45.0. The maximum Gasteiger partial charge on any atom is 0.305 e. The highest BCUT2D eigenvalue weighted by Crippen LogP contribution is 2.21. The van der Waals surface area contributed by atoms with Gasteiger partial charge in [0.2, 0.25) is 11.8 Å². The first-order chi connectivity index (χ1) is 49.9. The molecular weight excluding hydrogens is 1270 g/mol. The third kappa shape index (κ3) is 65.9. The third-order valence-electron chi connectivity index (χ3n) is 21.8. The highest BCUT2D eigenvalue weighted by atomic mass is 16.5. The molecule has 102 heavy (non-hydrogen) atoms. The molecule has 1 rings (SSSR count). The van der Waals surface area contributed by atoms with Crippen LogP contribution in [0.1, 0.15) is 451 Å². The summed E-state index contributed by atoms with van der Waals surface area (Å²) in [6, 6.07) is -1.72. The van der Waals surface area contributed by atoms with E-state index in [1.165, 1.54) is 308 Å². The third-order valence-corrected chi connectivity index (χ3v) is 21.8. The zero-order valence-electron chi connectivity index (χ0n) is 67.9. The lowest BCUT2D eigenvalue weighted by Gasteiger charge is -2.29. The number of nitrogens with zero attached hydrogens (tertiary/aromatic N) is 2. The van der Waals surface area contributed by atoms with Crippen molar-refractivity contribution < 1.29 is 49.1 Å². The zero-order valence-corrected chi connectivity index (χ0v) is 67.9. The van der Waals surface area contributed by atoms with Crippen molar-refractivity contribution in [2.24, 2.45) is 0 Å². The Morgan fingerprint density at radius 2 is 0.471 bits per heavy atom. The number of carbonyl (C=O) groups excluding carboxylic acids is 4. The second-order valence-corrected chi connectivity index (χ2v) is 32.0. The van der Waals surface area contributed by atoms with Crippen LogP contribution in [0.25, 0.3) is 0 Å². The monoisotopic (exact) mass is 1450 g/mol. The summed E-state index contributed by atoms with van der Waals surface area (Å²) in [5.74, 6) is -1.54. The van der Waals surface area contributed by atoms with Gasteiger partial charge < -0.3 is 40.5 Å². The van der Waals surface area contributed by atoms with E-state index in [0.717, 1.165) is 77.0 Å². The fourth-order valence-electron chi connectivity index (χ4n) is 15.1. The highest BCUT2D eigenvalue weighted by molar-refractivity contribution is 5.96. The average Bonchev–Trinajstić information content (AvgIpc) is 0.849. The molecule has 6 atom stereocenters. The van der Waals surface area contributed by atoms with Gasteiger partial charge in [0.1, 0.15) is 12.1 Å². The molecule has 0 bridgehead atoms. The van der Waals surface area contributed by atoms with Gasteiger partial charge in [0.05, 0.1) is 37.6 Å². The van der Waals surface area contributed by atoms with Crippen LogP contribution < -0.4 is 10.6 Å². The summed E-state index contributed by atoms with van der Waals surface area (Å²) in [4.78, 5) is 56.7. The van der Waals surface area contributed by atoms with Crippen LogP contribution in [0.5, 0.6) is 0 Å². The predicted octanol–water partition coefficient (Wildman–Crippen LogP) is 21.9. The van der Waals surface area contributed by atoms with Crippen molar-refractivity contribution in [3.8, 4) is 0 Å². The summed E-state index contributed by atoms with van der Waals surface area (Å²) >= 11 is 0. The Balaban J connectivity index is 2.56. The SMILES string of the molecule is CCCCCCCCCCCCCCCCC(O)CN(CCCC(=O)OCCC1NC(=O)C(CCOC(=O)CCCN(CC(O)CCCCCCCCCCCCCCCC)CC(O)CCCCCCCCCCCCCCCC)NC1=O)CC(O)CCCCCCCCCCCCCCCC. The molecule has 0 saturated carbocycles. The first kappa shape index (κ1) is 97.7. The number of aliphatic hydroxyl groups is 4. The summed E-state index contributed by atoms with van der Waals surface area (Å²) in [5, 5.41) is 50.3. The number of piperazine rings is 1. The fraction of sp³-hybridized carbons (Fsp3) is 0.955. The van der Waals surface area contributed by atoms with Gasteiger partial charge in [-0.05, 0) is 51.6 Å². The number of hydrogen-bond donors (Lipinski definition) is 6. The zero-order chi connectivity index (χ0) is 74.1. The van der Waals surface area contributed by atoms with E-state index in [9.17, 15) is 39.6 Å². The maximum atomic E-state index is 13.2. The summed E-state index contributed by atoms with van der Waals surface area (Å²) < 4.78 is 11.1. The number of ether oxygens (including phenoxy) is 2. The number of unbranched alkanes of at least 4 members (excludes halogenated alkanes) is 52. The molecule has 1 saturated heterocycles. The van der Waals surface area contributed by atoms with Gasteiger partial charge in [-0.1, -0.05) is 387 Å². The fourth-order valence-corrected chi connectivity index (χ4v) is 15.1. The molecule has 1 aliphatic rings. The molecule has 0 aromatic heterocycles. The second-order valence-electron chi connectivity index (χ2n) is 32.0. The van der Waals surface area contributed by atoms with Crippen molar-refractivity contribution in [2.75, 3.05) is 52.5 Å². The summed E-state index contributed by atoms with van der Waals surface area (Å²) in [5.41, 5.74) is 0. The minimum Gasteiger partial charge on any atom is -0.466 e. The maximum absolute atomic E-state index is 13.2. The van der Waals surface area contributed by atoms with Crippen molar-refractivity contribution in [1.29, 1.82) is 0 Å². The molecule has 2 amide bonds. The van der Waals surface area contributed by atoms with E-state index in [-0.39, 0.29) is 50.7 Å². The quantitative estimate of drug-likeness (QED) is 0.0249. The molecule has 14 nitrogen and oxygen atoms in total. The van der Waals surface area contributed by atoms with E-state index in [2.05, 4.69) is 48.1 Å². The first-order valence-corrected chi connectivity index (χ1v) is 45.0. The van der Waals surface area contributed by atoms with Crippen molar-refractivity contribution in [2.45, 2.75) is 488 Å². The van der Waals surface area contributed by atoms with Gasteiger partial charge in [-0.25, -0.2) is 0 Å². The van der Waals surface area contributed by atoms with Crippen LogP contribution in [0.2, 0.25) is 0 Å². The molecule has 0 radical (unpaired) electrons. The lowest BCUT2D eigenvalue weighted by atomic mass is 10.0. The van der Waals surface area contributed by atoms with Crippen molar-refractivity contribution in [1.82, 2.24) is 20.4 Å². The van der Waals surface area contributed by atoms with Gasteiger partial charge in [-0.3, -0.25) is 29.0 Å². The highest BCUT2D eigenvalue weighted by Gasteiger charge is 2.34. The van der Waals surface area contributed by atoms with E-state index in [0.29, 0.717) is 52.1 Å². The smallest absolute Gasteiger partial charge is 0.305 e. The molecule has 6 unspecified atom stereocenters. The van der Waals surface area contributed by atoms with Gasteiger partial charge in [0.15, 0.2) is 0 Å². The lowest BCUT2D eigenvalue weighted by Crippen LogP contribution is -2.62. The lowest BCUT2D eigenvalue weighted by molar-refractivity contribution is -0.147. The number of nitrogens with one attached hydrogen (secondary N) is 2. The Labute approximate surface area is 630 Å². The largest absolute Gasteiger partial charge is 0.466 e. The summed E-state index contributed by atoms with van der Waals surface area (Å²) in [6.45, 7) is 12.0. The van der Waals surface area contributed by atoms with Crippen LogP contribution in [0.15, 0.2) is 0 Å². The molecule has 1 aliphatic heterocycles. The molecule has 1 fully saturated rings. The molecule has 14 heteroatoms. The Morgan fingerprint density at radius 3 is 0.657 bits per heavy atom. The van der Waals surface area contributed by atoms with Crippen molar-refractivity contribution in [3.05, 3.63) is 0 Å². The van der Waals surface area contributed by atoms with Crippen molar-refractivity contribution in [3.63, 3.8) is 0 Å². The Kier molecular flexibility index (Phi) is 72.2. The number of aliphatic hydroxyl groups excluding tert-OH is 4. The average molecular weight is 1450 g/mol. The van der Waals surface area contributed by atoms with E-state index < -0.39 is 48.4 Å². The molecule has 0 aliphatic carbocycles. The number of carbonyl (C=O) groups is 4. The van der Waals surface area contributed by atoms with Crippen LogP contribution in [0, 0.1) is 0 Å². The van der Waals surface area contributed by atoms with E-state index in [1.807, 2.05) is 0 Å². The van der Waals surface area contributed by atoms with Gasteiger partial charge in [0.25, 0.3) is 0 Å². The summed E-state index contributed by atoms with van der Waals surface area (Å²) in [6.07, 6.45) is 74.8. The number of amides is 2. The van der Waals surface area contributed by atoms with E-state index in [4.69, 9.17) is 9.47 Å². The Morgan fingerprint density at radius 1 is 0.294 bits per heavy atom. The second kappa shape index (κ2) is 75.5. The minimum atomic E-state index is -0.861. The molecule has 1 heterocycles. The number of hydrogen-bond acceptors (Lipinski definition) is 12. The topological polar surface area (TPSA) is 198 Å². The number of esters is 2. The van der Waals surface area contributed by atoms with Crippen LogP contribution in [0.4, 0.5) is 0 Å². The van der Waals surface area contributed by atoms with E-state index in [1.54, 1.807) is 0 Å². The molecular formula is C88H172N4O10. The molecule has 0 aromatic rings. The van der Waals surface area contributed by atoms with Gasteiger partial charge >= 0.3 is 11.9 Å². The Bertz CT molecular complexity index is 1610. The van der Waals surface area contributed by atoms with E-state index >= 15 is 0 Å². The summed E-state index contributed by atoms with van der Waals surface area (Å²) in [7, 11) is 0. The molecule has 0 spiro atoms. The predicted molar refractivity (Wildman–Crippen MR) is 430 cm³/mol. The van der Waals surface area contributed by atoms with Crippen LogP contribution in [-0.2, 0) is 28.7 Å². The minimum absolute atomic E-state index is 0.0344. The normalized spacial score (nSPS) is 15.3. The molecule has 0 aromatic carbocycles. The van der Waals surface area contributed by atoms with Crippen LogP contribution in [-0.4, -0.2) is 143 Å².